The lowest BCUT2D eigenvalue weighted by atomic mass is 10.0. The first-order chi connectivity index (χ1) is 24.2. The molecule has 0 spiro atoms. The van der Waals surface area contributed by atoms with Gasteiger partial charge in [-0.1, -0.05) is 24.3 Å². The average Bonchev–Trinajstić information content (AvgIpc) is 3.69. The second-order valence-electron chi connectivity index (χ2n) is 11.0. The minimum Gasteiger partial charge on any atom is -0.465 e. The molecular weight excluding hydrogens is 638 g/mol. The molecule has 0 unspecified atom stereocenters. The lowest BCUT2D eigenvalue weighted by Crippen LogP contribution is -2.29. The number of nitrogens with zero attached hydrogens (tertiary/aromatic N) is 5. The quantitative estimate of drug-likeness (QED) is 0.0975. The van der Waals surface area contributed by atoms with E-state index in [0.717, 1.165) is 44.1 Å². The summed E-state index contributed by atoms with van der Waals surface area (Å²) < 4.78 is 0. The van der Waals surface area contributed by atoms with Gasteiger partial charge in [0.15, 0.2) is 11.6 Å². The van der Waals surface area contributed by atoms with Crippen LogP contribution in [0.1, 0.15) is 12.5 Å². The van der Waals surface area contributed by atoms with Crippen molar-refractivity contribution in [2.75, 3.05) is 33.5 Å². The molecule has 3 amide bonds. The Balaban J connectivity index is 0.000000178. The second-order valence-corrected chi connectivity index (χ2v) is 11.0. The Bertz CT molecular complexity index is 2320. The molecule has 3 aromatic carbocycles. The summed E-state index contributed by atoms with van der Waals surface area (Å²) in [5.74, 6) is 1.68. The third-order valence-electron chi connectivity index (χ3n) is 7.79. The molecule has 10 N–H and O–H groups in total. The van der Waals surface area contributed by atoms with E-state index in [1.54, 1.807) is 55.7 Å². The highest BCUT2D eigenvalue weighted by molar-refractivity contribution is 6.00. The number of nitrogens with two attached hydrogens (primary N) is 2. The van der Waals surface area contributed by atoms with E-state index < -0.39 is 12.1 Å². The Hall–Kier alpha value is -7.00. The Labute approximate surface area is 285 Å². The molecule has 7 rings (SSSR count). The lowest BCUT2D eigenvalue weighted by Gasteiger charge is -2.16. The van der Waals surface area contributed by atoms with Gasteiger partial charge in [0, 0.05) is 35.4 Å². The van der Waals surface area contributed by atoms with Crippen LogP contribution in [0, 0.1) is 0 Å². The Morgan fingerprint density at radius 2 is 1.36 bits per heavy atom. The number of nitrogens with one attached hydrogen (secondary N) is 4. The van der Waals surface area contributed by atoms with Gasteiger partial charge in [-0.05, 0) is 95.4 Å². The number of aromatic nitrogens is 6. The Morgan fingerprint density at radius 1 is 0.760 bits per heavy atom. The fraction of sp³-hybridized carbons (Fsp3) is 0.0857. The van der Waals surface area contributed by atoms with E-state index in [1.807, 2.05) is 48.5 Å². The van der Waals surface area contributed by atoms with Crippen molar-refractivity contribution in [3.63, 3.8) is 0 Å². The molecule has 0 bridgehead atoms. The van der Waals surface area contributed by atoms with Crippen molar-refractivity contribution in [2.45, 2.75) is 13.5 Å². The van der Waals surface area contributed by atoms with Gasteiger partial charge in [-0.3, -0.25) is 20.4 Å². The van der Waals surface area contributed by atoms with Gasteiger partial charge in [0.05, 0.1) is 17.6 Å². The van der Waals surface area contributed by atoms with Gasteiger partial charge >= 0.3 is 12.1 Å². The summed E-state index contributed by atoms with van der Waals surface area (Å²) in [6.45, 7) is 2.01. The van der Waals surface area contributed by atoms with Crippen molar-refractivity contribution < 1.29 is 19.8 Å². The van der Waals surface area contributed by atoms with Crippen LogP contribution < -0.4 is 27.0 Å². The Kier molecular flexibility index (Phi) is 9.49. The Morgan fingerprint density at radius 3 is 1.96 bits per heavy atom. The molecule has 50 heavy (non-hydrogen) atoms. The standard InChI is InChI=1S/C20H18N6O2.C15H15N5O2/c21-19-16-9-13(4-5-17(16)25-26-19)14-6-7-22-18(10-14)24-20(28)23-15-3-1-2-12(8-15)11-27;1-2-20(15(21)22)13-8-10(5-6-17-13)9-3-4-12-11(7-9)14(16)19-18-12/h1-10,27H,11H2,(H3,21,25,26)(H2,22,23,24,28);3-8H,2H2,1H3,(H,21,22)(H3,16,18,19). The maximum absolute atomic E-state index is 12.3. The third-order valence-corrected chi connectivity index (χ3v) is 7.79. The first-order valence-electron chi connectivity index (χ1n) is 15.4. The van der Waals surface area contributed by atoms with E-state index in [1.165, 1.54) is 4.90 Å². The van der Waals surface area contributed by atoms with E-state index in [2.05, 4.69) is 41.0 Å². The zero-order chi connectivity index (χ0) is 35.2. The number of aromatic amines is 2. The fourth-order valence-electron chi connectivity index (χ4n) is 5.27. The number of nitrogen functional groups attached to an aromatic ring is 2. The van der Waals surface area contributed by atoms with Gasteiger partial charge in [-0.15, -0.1) is 0 Å². The smallest absolute Gasteiger partial charge is 0.412 e. The van der Waals surface area contributed by atoms with Crippen molar-refractivity contribution in [3.05, 3.63) is 103 Å². The number of aliphatic hydroxyl groups excluding tert-OH is 1. The molecule has 0 fully saturated rings. The SMILES string of the molecule is CCN(C(=O)O)c1cc(-c2ccc3[nH]nc(N)c3c2)ccn1.Nc1n[nH]c2ccc(-c3ccnc(NC(=O)Nc4cccc(CO)c4)c3)cc12. The zero-order valence-corrected chi connectivity index (χ0v) is 26.8. The molecule has 252 valence electrons. The molecule has 4 heterocycles. The number of pyridine rings is 2. The topological polar surface area (TPSA) is 237 Å². The van der Waals surface area contributed by atoms with E-state index in [-0.39, 0.29) is 6.61 Å². The van der Waals surface area contributed by atoms with Crippen LogP contribution in [0.25, 0.3) is 44.1 Å². The molecule has 0 aliphatic carbocycles. The number of fused-ring (bicyclic) bond motifs is 2. The van der Waals surface area contributed by atoms with Crippen LogP contribution in [0.3, 0.4) is 0 Å². The number of hydrogen-bond donors (Lipinski definition) is 8. The molecule has 0 saturated carbocycles. The van der Waals surface area contributed by atoms with Crippen LogP contribution in [0.15, 0.2) is 97.3 Å². The normalized spacial score (nSPS) is 10.8. The molecule has 0 atom stereocenters. The van der Waals surface area contributed by atoms with E-state index in [9.17, 15) is 19.8 Å². The number of carbonyl (C=O) groups is 2. The predicted octanol–water partition coefficient (Wildman–Crippen LogP) is 6.05. The number of carbonyl (C=O) groups excluding carboxylic acids is 1. The number of amides is 3. The van der Waals surface area contributed by atoms with Crippen molar-refractivity contribution >= 4 is 62.9 Å². The van der Waals surface area contributed by atoms with Crippen molar-refractivity contribution in [1.29, 1.82) is 0 Å². The number of aliphatic hydroxyl groups is 1. The number of hydrogen-bond acceptors (Lipinski definition) is 9. The van der Waals surface area contributed by atoms with E-state index in [4.69, 9.17) is 11.5 Å². The predicted molar refractivity (Wildman–Crippen MR) is 194 cm³/mol. The summed E-state index contributed by atoms with van der Waals surface area (Å²) in [7, 11) is 0. The fourth-order valence-corrected chi connectivity index (χ4v) is 5.27. The highest BCUT2D eigenvalue weighted by atomic mass is 16.4. The number of carboxylic acid groups (broad SMARTS) is 1. The number of anilines is 5. The second kappa shape index (κ2) is 14.4. The monoisotopic (exact) mass is 671 g/mol. The van der Waals surface area contributed by atoms with Gasteiger partial charge in [0.1, 0.15) is 11.6 Å². The molecule has 4 aromatic heterocycles. The maximum atomic E-state index is 12.3. The average molecular weight is 672 g/mol. The summed E-state index contributed by atoms with van der Waals surface area (Å²) in [6.07, 6.45) is 2.20. The van der Waals surface area contributed by atoms with Gasteiger partial charge in [0.2, 0.25) is 0 Å². The largest absolute Gasteiger partial charge is 0.465 e. The highest BCUT2D eigenvalue weighted by Crippen LogP contribution is 2.29. The van der Waals surface area contributed by atoms with E-state index in [0.29, 0.717) is 41.1 Å². The number of benzene rings is 3. The number of H-pyrrole nitrogens is 2. The summed E-state index contributed by atoms with van der Waals surface area (Å²) in [6, 6.07) is 25.3. The van der Waals surface area contributed by atoms with Crippen LogP contribution in [-0.2, 0) is 6.61 Å². The third kappa shape index (κ3) is 7.27. The minimum absolute atomic E-state index is 0.0910. The van der Waals surface area contributed by atoms with Crippen LogP contribution in [0.5, 0.6) is 0 Å². The summed E-state index contributed by atoms with van der Waals surface area (Å²) >= 11 is 0. The summed E-state index contributed by atoms with van der Waals surface area (Å²) in [5.41, 5.74) is 18.3. The summed E-state index contributed by atoms with van der Waals surface area (Å²) in [5, 5.41) is 39.2. The highest BCUT2D eigenvalue weighted by Gasteiger charge is 2.15. The van der Waals surface area contributed by atoms with Crippen LogP contribution >= 0.6 is 0 Å². The van der Waals surface area contributed by atoms with Crippen LogP contribution in [-0.4, -0.2) is 59.2 Å². The van der Waals surface area contributed by atoms with Crippen LogP contribution in [0.4, 0.5) is 38.5 Å². The molecule has 0 saturated heterocycles. The van der Waals surface area contributed by atoms with Gasteiger partial charge in [-0.2, -0.15) is 10.2 Å². The van der Waals surface area contributed by atoms with Crippen molar-refractivity contribution in [3.8, 4) is 22.3 Å². The lowest BCUT2D eigenvalue weighted by molar-refractivity contribution is 0.202. The molecular formula is C35H33N11O4. The molecule has 0 aliphatic rings. The molecule has 0 aliphatic heterocycles. The van der Waals surface area contributed by atoms with Gasteiger partial charge in [0.25, 0.3) is 0 Å². The first kappa shape index (κ1) is 32.9. The molecule has 0 radical (unpaired) electrons. The molecule has 7 aromatic rings. The summed E-state index contributed by atoms with van der Waals surface area (Å²) in [4.78, 5) is 33.0. The number of urea groups is 1. The number of rotatable bonds is 7. The zero-order valence-electron chi connectivity index (χ0n) is 26.8. The van der Waals surface area contributed by atoms with Crippen molar-refractivity contribution in [2.24, 2.45) is 0 Å². The van der Waals surface area contributed by atoms with E-state index >= 15 is 0 Å². The molecule has 15 nitrogen and oxygen atoms in total. The first-order valence-corrected chi connectivity index (χ1v) is 15.4. The van der Waals surface area contributed by atoms with Gasteiger partial charge in [-0.25, -0.2) is 19.6 Å². The van der Waals surface area contributed by atoms with Gasteiger partial charge < -0.3 is 27.0 Å². The molecule has 15 heteroatoms. The maximum Gasteiger partial charge on any atom is 0.412 e. The van der Waals surface area contributed by atoms with Crippen molar-refractivity contribution in [1.82, 2.24) is 30.4 Å². The minimum atomic E-state index is -1.03. The van der Waals surface area contributed by atoms with Crippen LogP contribution in [0.2, 0.25) is 0 Å².